The number of piperidine rings is 1. The Morgan fingerprint density at radius 3 is 2.62 bits per heavy atom. The average molecular weight is 326 g/mol. The molecule has 2 N–H and O–H groups in total. The van der Waals surface area contributed by atoms with Gasteiger partial charge in [-0.25, -0.2) is 0 Å². The molecular weight excluding hydrogens is 304 g/mol. The van der Waals surface area contributed by atoms with Crippen LogP contribution in [0.3, 0.4) is 0 Å². The molecule has 2 atom stereocenters. The molecule has 0 spiro atoms. The van der Waals surface area contributed by atoms with Gasteiger partial charge in [0.25, 0.3) is 11.5 Å². The number of aliphatic hydroxyl groups is 1. The fourth-order valence-corrected chi connectivity index (χ4v) is 3.29. The molecule has 2 heterocycles. The summed E-state index contributed by atoms with van der Waals surface area (Å²) in [6, 6.07) is 12.6. The highest BCUT2D eigenvalue weighted by atomic mass is 16.3. The summed E-state index contributed by atoms with van der Waals surface area (Å²) < 4.78 is 0. The Labute approximate surface area is 140 Å². The zero-order valence-electron chi connectivity index (χ0n) is 13.7. The number of likely N-dealkylation sites (tertiary alicyclic amines) is 1. The lowest BCUT2D eigenvalue weighted by molar-refractivity contribution is 0.0279. The van der Waals surface area contributed by atoms with Crippen molar-refractivity contribution in [3.63, 3.8) is 0 Å². The molecule has 0 bridgehead atoms. The van der Waals surface area contributed by atoms with E-state index in [0.717, 1.165) is 24.8 Å². The van der Waals surface area contributed by atoms with Crippen molar-refractivity contribution in [3.8, 4) is 11.3 Å². The Balaban J connectivity index is 1.89. The van der Waals surface area contributed by atoms with Crippen LogP contribution in [0.25, 0.3) is 11.3 Å². The number of aliphatic hydroxyl groups excluding tert-OH is 1. The summed E-state index contributed by atoms with van der Waals surface area (Å²) in [7, 11) is 0. The third kappa shape index (κ3) is 3.26. The van der Waals surface area contributed by atoms with E-state index < -0.39 is 11.7 Å². The van der Waals surface area contributed by atoms with E-state index in [1.165, 1.54) is 0 Å². The first-order chi connectivity index (χ1) is 11.6. The van der Waals surface area contributed by atoms with Crippen molar-refractivity contribution in [2.45, 2.75) is 38.3 Å². The fourth-order valence-electron chi connectivity index (χ4n) is 3.29. The van der Waals surface area contributed by atoms with Crippen molar-refractivity contribution in [1.82, 2.24) is 9.88 Å². The van der Waals surface area contributed by atoms with E-state index in [-0.39, 0.29) is 17.5 Å². The number of carbonyl (C=O) groups excluding carboxylic acids is 1. The topological polar surface area (TPSA) is 73.4 Å². The van der Waals surface area contributed by atoms with Crippen LogP contribution in [-0.2, 0) is 0 Å². The molecule has 0 saturated carbocycles. The van der Waals surface area contributed by atoms with Gasteiger partial charge in [-0.3, -0.25) is 9.59 Å². The minimum atomic E-state index is -0.600. The van der Waals surface area contributed by atoms with Gasteiger partial charge in [-0.2, -0.15) is 0 Å². The van der Waals surface area contributed by atoms with Crippen LogP contribution in [0.15, 0.2) is 47.3 Å². The third-order valence-electron chi connectivity index (χ3n) is 4.59. The minimum absolute atomic E-state index is 0.127. The summed E-state index contributed by atoms with van der Waals surface area (Å²) in [6.07, 6.45) is 2.05. The molecule has 24 heavy (non-hydrogen) atoms. The summed E-state index contributed by atoms with van der Waals surface area (Å²) in [5, 5.41) is 9.93. The van der Waals surface area contributed by atoms with Crippen molar-refractivity contribution in [3.05, 3.63) is 58.4 Å². The summed E-state index contributed by atoms with van der Waals surface area (Å²) >= 11 is 0. The SMILES string of the molecule is CC(O)C1CCCCN1C(=O)c1ccc(-c2ccccc2)[nH]c1=O. The molecule has 2 aromatic rings. The van der Waals surface area contributed by atoms with Gasteiger partial charge >= 0.3 is 0 Å². The number of rotatable bonds is 3. The number of amides is 1. The molecule has 1 aromatic heterocycles. The van der Waals surface area contributed by atoms with Crippen molar-refractivity contribution in [2.24, 2.45) is 0 Å². The zero-order valence-corrected chi connectivity index (χ0v) is 13.7. The first kappa shape index (κ1) is 16.5. The van der Waals surface area contributed by atoms with Crippen LogP contribution in [0.4, 0.5) is 0 Å². The Hall–Kier alpha value is -2.40. The second kappa shape index (κ2) is 7.01. The first-order valence-corrected chi connectivity index (χ1v) is 8.35. The van der Waals surface area contributed by atoms with E-state index in [4.69, 9.17) is 0 Å². The molecule has 0 radical (unpaired) electrons. The number of benzene rings is 1. The maximum atomic E-state index is 12.8. The molecule has 1 fully saturated rings. The largest absolute Gasteiger partial charge is 0.391 e. The van der Waals surface area contributed by atoms with E-state index in [0.29, 0.717) is 12.2 Å². The molecule has 1 saturated heterocycles. The lowest BCUT2D eigenvalue weighted by atomic mass is 9.97. The first-order valence-electron chi connectivity index (χ1n) is 8.35. The molecular formula is C19H22N2O3. The van der Waals surface area contributed by atoms with E-state index in [2.05, 4.69) is 4.98 Å². The second-order valence-electron chi connectivity index (χ2n) is 6.28. The maximum absolute atomic E-state index is 12.8. The standard InChI is InChI=1S/C19H22N2O3/c1-13(22)17-9-5-6-12-21(17)19(24)15-10-11-16(20-18(15)23)14-7-3-2-4-8-14/h2-4,7-8,10-11,13,17,22H,5-6,9,12H2,1H3,(H,20,23). The van der Waals surface area contributed by atoms with Gasteiger partial charge in [0.05, 0.1) is 12.1 Å². The van der Waals surface area contributed by atoms with Crippen molar-refractivity contribution in [2.75, 3.05) is 6.54 Å². The number of carbonyl (C=O) groups is 1. The maximum Gasteiger partial charge on any atom is 0.261 e. The van der Waals surface area contributed by atoms with Crippen molar-refractivity contribution < 1.29 is 9.90 Å². The number of hydrogen-bond acceptors (Lipinski definition) is 3. The highest BCUT2D eigenvalue weighted by Gasteiger charge is 2.31. The molecule has 126 valence electrons. The summed E-state index contributed by atoms with van der Waals surface area (Å²) in [4.78, 5) is 29.6. The van der Waals surface area contributed by atoms with Gasteiger partial charge in [-0.1, -0.05) is 30.3 Å². The molecule has 3 rings (SSSR count). The summed E-state index contributed by atoms with van der Waals surface area (Å²) in [5.41, 5.74) is 1.31. The van der Waals surface area contributed by atoms with E-state index in [1.54, 1.807) is 24.0 Å². The number of hydrogen-bond donors (Lipinski definition) is 2. The van der Waals surface area contributed by atoms with Gasteiger partial charge in [-0.15, -0.1) is 0 Å². The van der Waals surface area contributed by atoms with Crippen LogP contribution in [0.5, 0.6) is 0 Å². The molecule has 5 heteroatoms. The molecule has 1 aliphatic heterocycles. The molecule has 1 aromatic carbocycles. The van der Waals surface area contributed by atoms with Gasteiger partial charge in [0.1, 0.15) is 5.56 Å². The van der Waals surface area contributed by atoms with Crippen molar-refractivity contribution >= 4 is 5.91 Å². The number of nitrogens with zero attached hydrogens (tertiary/aromatic N) is 1. The van der Waals surface area contributed by atoms with E-state index >= 15 is 0 Å². The highest BCUT2D eigenvalue weighted by Crippen LogP contribution is 2.22. The molecule has 1 amide bonds. The van der Waals surface area contributed by atoms with Gasteiger partial charge in [-0.05, 0) is 43.9 Å². The minimum Gasteiger partial charge on any atom is -0.391 e. The number of pyridine rings is 1. The third-order valence-corrected chi connectivity index (χ3v) is 4.59. The molecule has 1 aliphatic rings. The predicted octanol–water partition coefficient (Wildman–Crippen LogP) is 2.42. The Bertz CT molecular complexity index is 768. The van der Waals surface area contributed by atoms with E-state index in [1.807, 2.05) is 30.3 Å². The molecule has 5 nitrogen and oxygen atoms in total. The van der Waals surface area contributed by atoms with Crippen LogP contribution in [0, 0.1) is 0 Å². The van der Waals surface area contributed by atoms with Crippen LogP contribution >= 0.6 is 0 Å². The Morgan fingerprint density at radius 2 is 1.96 bits per heavy atom. The predicted molar refractivity (Wildman–Crippen MR) is 92.9 cm³/mol. The zero-order chi connectivity index (χ0) is 17.1. The second-order valence-corrected chi connectivity index (χ2v) is 6.28. The van der Waals surface area contributed by atoms with Gasteiger partial charge in [0.2, 0.25) is 0 Å². The number of nitrogens with one attached hydrogen (secondary N) is 1. The number of aromatic nitrogens is 1. The van der Waals surface area contributed by atoms with Crippen molar-refractivity contribution in [1.29, 1.82) is 0 Å². The van der Waals surface area contributed by atoms with Gasteiger partial charge < -0.3 is 15.0 Å². The summed E-state index contributed by atoms with van der Waals surface area (Å²) in [5.74, 6) is -0.304. The van der Waals surface area contributed by atoms with Crippen LogP contribution < -0.4 is 5.56 Å². The molecule has 2 unspecified atom stereocenters. The lowest BCUT2D eigenvalue weighted by Crippen LogP contribution is -2.50. The fraction of sp³-hybridized carbons (Fsp3) is 0.368. The molecule has 0 aliphatic carbocycles. The quantitative estimate of drug-likeness (QED) is 0.910. The van der Waals surface area contributed by atoms with Crippen LogP contribution in [-0.4, -0.2) is 39.6 Å². The number of H-pyrrole nitrogens is 1. The Morgan fingerprint density at radius 1 is 1.21 bits per heavy atom. The number of aromatic amines is 1. The average Bonchev–Trinajstić information content (AvgIpc) is 2.62. The van der Waals surface area contributed by atoms with Crippen LogP contribution in [0.1, 0.15) is 36.5 Å². The van der Waals surface area contributed by atoms with Crippen LogP contribution in [0.2, 0.25) is 0 Å². The Kier molecular flexibility index (Phi) is 4.81. The monoisotopic (exact) mass is 326 g/mol. The van der Waals surface area contributed by atoms with Gasteiger partial charge in [0, 0.05) is 12.2 Å². The van der Waals surface area contributed by atoms with E-state index in [9.17, 15) is 14.7 Å². The smallest absolute Gasteiger partial charge is 0.261 e. The normalized spacial score (nSPS) is 19.1. The van der Waals surface area contributed by atoms with Gasteiger partial charge in [0.15, 0.2) is 0 Å². The lowest BCUT2D eigenvalue weighted by Gasteiger charge is -2.37. The summed E-state index contributed by atoms with van der Waals surface area (Å²) in [6.45, 7) is 2.27. The highest BCUT2D eigenvalue weighted by molar-refractivity contribution is 5.94.